The Morgan fingerprint density at radius 1 is 1.22 bits per heavy atom. The van der Waals surface area contributed by atoms with Crippen LogP contribution in [-0.2, 0) is 6.54 Å². The molecule has 0 amide bonds. The molecule has 0 unspecified atom stereocenters. The molecular formula is C20H25FIN3O2. The van der Waals surface area contributed by atoms with Crippen LogP contribution in [0.5, 0.6) is 11.5 Å². The molecule has 1 heterocycles. The van der Waals surface area contributed by atoms with Crippen LogP contribution in [0.3, 0.4) is 0 Å². The molecule has 0 saturated carbocycles. The molecule has 146 valence electrons. The van der Waals surface area contributed by atoms with Crippen molar-refractivity contribution in [3.8, 4) is 11.5 Å². The Kier molecular flexibility index (Phi) is 8.30. The first-order valence-electron chi connectivity index (χ1n) is 8.89. The molecule has 0 spiro atoms. The van der Waals surface area contributed by atoms with Gasteiger partial charge in [-0.05, 0) is 31.5 Å². The summed E-state index contributed by atoms with van der Waals surface area (Å²) in [7, 11) is 0. The fraction of sp³-hybridized carbons (Fsp3) is 0.350. The van der Waals surface area contributed by atoms with Gasteiger partial charge >= 0.3 is 0 Å². The zero-order valence-corrected chi connectivity index (χ0v) is 17.6. The number of hydrogen-bond acceptors (Lipinski definition) is 3. The second kappa shape index (κ2) is 10.5. The summed E-state index contributed by atoms with van der Waals surface area (Å²) in [6.07, 6.45) is 0.438. The first-order chi connectivity index (χ1) is 12.7. The van der Waals surface area contributed by atoms with Crippen molar-refractivity contribution in [1.82, 2.24) is 10.2 Å². The van der Waals surface area contributed by atoms with Gasteiger partial charge in [0.15, 0.2) is 17.5 Å². The van der Waals surface area contributed by atoms with Crippen LogP contribution in [0.15, 0.2) is 53.5 Å². The molecule has 27 heavy (non-hydrogen) atoms. The summed E-state index contributed by atoms with van der Waals surface area (Å²) in [4.78, 5) is 6.72. The van der Waals surface area contributed by atoms with E-state index in [1.54, 1.807) is 18.2 Å². The van der Waals surface area contributed by atoms with Crippen LogP contribution in [0, 0.1) is 5.82 Å². The summed E-state index contributed by atoms with van der Waals surface area (Å²) in [5.41, 5.74) is 0.867. The Morgan fingerprint density at radius 2 is 1.93 bits per heavy atom. The number of rotatable bonds is 5. The largest absolute Gasteiger partial charge is 0.454 e. The lowest BCUT2D eigenvalue weighted by Crippen LogP contribution is -2.40. The molecule has 0 aliphatic carbocycles. The average molecular weight is 485 g/mol. The molecule has 0 aromatic heterocycles. The van der Waals surface area contributed by atoms with Crippen LogP contribution in [0.2, 0.25) is 0 Å². The Bertz CT molecular complexity index is 772. The first kappa shape index (κ1) is 21.4. The number of β-amino-alcohol motifs (C(OH)–C–C–N with tert-alkyl or cyclic N) is 1. The SMILES string of the molecule is CCNC(=NCc1ccccc1Oc1ccccc1F)N1CC[C@@H](O)C1.I. The Balaban J connectivity index is 0.00000261. The third kappa shape index (κ3) is 5.80. The van der Waals surface area contributed by atoms with Crippen molar-refractivity contribution in [2.45, 2.75) is 26.0 Å². The number of nitrogens with zero attached hydrogens (tertiary/aromatic N) is 2. The number of hydrogen-bond donors (Lipinski definition) is 2. The fourth-order valence-corrected chi connectivity index (χ4v) is 2.90. The standard InChI is InChI=1S/C20H24FN3O2.HI/c1-2-22-20(24-12-11-16(25)14-24)23-13-15-7-3-5-9-18(15)26-19-10-6-4-8-17(19)21;/h3-10,16,25H,2,11-14H2,1H3,(H,22,23);1H/t16-;/m1./s1. The zero-order chi connectivity index (χ0) is 18.4. The molecule has 3 rings (SSSR count). The van der Waals surface area contributed by atoms with E-state index in [-0.39, 0.29) is 35.8 Å². The lowest BCUT2D eigenvalue weighted by molar-refractivity contribution is 0.188. The van der Waals surface area contributed by atoms with Crippen LogP contribution in [0.4, 0.5) is 4.39 Å². The van der Waals surface area contributed by atoms with Crippen LogP contribution < -0.4 is 10.1 Å². The van der Waals surface area contributed by atoms with Crippen molar-refractivity contribution in [1.29, 1.82) is 0 Å². The van der Waals surface area contributed by atoms with E-state index in [9.17, 15) is 9.50 Å². The number of guanidine groups is 1. The summed E-state index contributed by atoms with van der Waals surface area (Å²) in [5, 5.41) is 13.0. The lowest BCUT2D eigenvalue weighted by Gasteiger charge is -2.21. The van der Waals surface area contributed by atoms with E-state index >= 15 is 0 Å². The van der Waals surface area contributed by atoms with Crippen LogP contribution in [-0.4, -0.2) is 41.7 Å². The van der Waals surface area contributed by atoms with Gasteiger partial charge < -0.3 is 20.1 Å². The van der Waals surface area contributed by atoms with Crippen LogP contribution >= 0.6 is 24.0 Å². The molecule has 1 aliphatic rings. The Morgan fingerprint density at radius 3 is 2.59 bits per heavy atom. The van der Waals surface area contributed by atoms with Gasteiger partial charge in [-0.3, -0.25) is 0 Å². The smallest absolute Gasteiger partial charge is 0.194 e. The van der Waals surface area contributed by atoms with Gasteiger partial charge in [0.25, 0.3) is 0 Å². The molecular weight excluding hydrogens is 460 g/mol. The summed E-state index contributed by atoms with van der Waals surface area (Å²) in [6, 6.07) is 13.8. The second-order valence-electron chi connectivity index (χ2n) is 6.20. The molecule has 1 saturated heterocycles. The first-order valence-corrected chi connectivity index (χ1v) is 8.89. The predicted octanol–water partition coefficient (Wildman–Crippen LogP) is 3.77. The summed E-state index contributed by atoms with van der Waals surface area (Å²) >= 11 is 0. The van der Waals surface area contributed by atoms with Crippen LogP contribution in [0.1, 0.15) is 18.9 Å². The maximum atomic E-state index is 13.9. The third-order valence-corrected chi connectivity index (χ3v) is 4.23. The van der Waals surface area contributed by atoms with Crippen molar-refractivity contribution in [2.75, 3.05) is 19.6 Å². The highest BCUT2D eigenvalue weighted by molar-refractivity contribution is 14.0. The number of halogens is 2. The number of benzene rings is 2. The average Bonchev–Trinajstić information content (AvgIpc) is 3.08. The molecule has 5 nitrogen and oxygen atoms in total. The highest BCUT2D eigenvalue weighted by atomic mass is 127. The number of likely N-dealkylation sites (tertiary alicyclic amines) is 1. The Labute approximate surface area is 176 Å². The second-order valence-corrected chi connectivity index (χ2v) is 6.20. The zero-order valence-electron chi connectivity index (χ0n) is 15.3. The fourth-order valence-electron chi connectivity index (χ4n) is 2.90. The van der Waals surface area contributed by atoms with Crippen molar-refractivity contribution in [3.63, 3.8) is 0 Å². The maximum Gasteiger partial charge on any atom is 0.194 e. The van der Waals surface area contributed by atoms with E-state index in [4.69, 9.17) is 4.74 Å². The van der Waals surface area contributed by atoms with Crippen molar-refractivity contribution < 1.29 is 14.2 Å². The van der Waals surface area contributed by atoms with E-state index in [0.717, 1.165) is 31.0 Å². The topological polar surface area (TPSA) is 57.1 Å². The van der Waals surface area contributed by atoms with Crippen molar-refractivity contribution in [3.05, 3.63) is 59.9 Å². The van der Waals surface area contributed by atoms with Gasteiger partial charge in [-0.15, -0.1) is 24.0 Å². The Hall–Kier alpha value is -1.87. The predicted molar refractivity (Wildman–Crippen MR) is 115 cm³/mol. The lowest BCUT2D eigenvalue weighted by atomic mass is 10.2. The minimum Gasteiger partial charge on any atom is -0.454 e. The van der Waals surface area contributed by atoms with E-state index in [1.165, 1.54) is 6.07 Å². The number of aliphatic hydroxyl groups is 1. The molecule has 2 N–H and O–H groups in total. The highest BCUT2D eigenvalue weighted by Crippen LogP contribution is 2.27. The minimum absolute atomic E-state index is 0. The minimum atomic E-state index is -0.398. The monoisotopic (exact) mass is 485 g/mol. The molecule has 7 heteroatoms. The number of aliphatic imine (C=N–C) groups is 1. The van der Waals surface area contributed by atoms with E-state index in [1.807, 2.05) is 31.2 Å². The number of ether oxygens (including phenoxy) is 1. The van der Waals surface area contributed by atoms with Gasteiger partial charge in [-0.2, -0.15) is 0 Å². The number of aliphatic hydroxyl groups excluding tert-OH is 1. The third-order valence-electron chi connectivity index (χ3n) is 4.23. The molecule has 1 atom stereocenters. The van der Waals surface area contributed by atoms with E-state index in [0.29, 0.717) is 18.8 Å². The number of para-hydroxylation sites is 2. The summed E-state index contributed by atoms with van der Waals surface area (Å²) < 4.78 is 19.6. The van der Waals surface area contributed by atoms with Gasteiger partial charge in [0.1, 0.15) is 5.75 Å². The van der Waals surface area contributed by atoms with Gasteiger partial charge in [-0.1, -0.05) is 30.3 Å². The van der Waals surface area contributed by atoms with Gasteiger partial charge in [0, 0.05) is 25.2 Å². The quantitative estimate of drug-likeness (QED) is 0.385. The van der Waals surface area contributed by atoms with Gasteiger partial charge in [0.05, 0.1) is 12.6 Å². The molecule has 1 aliphatic heterocycles. The molecule has 0 bridgehead atoms. The van der Waals surface area contributed by atoms with E-state index < -0.39 is 5.82 Å². The van der Waals surface area contributed by atoms with Crippen molar-refractivity contribution in [2.24, 2.45) is 4.99 Å². The van der Waals surface area contributed by atoms with Crippen molar-refractivity contribution >= 4 is 29.9 Å². The van der Waals surface area contributed by atoms with Crippen LogP contribution in [0.25, 0.3) is 0 Å². The normalized spacial score (nSPS) is 16.8. The summed E-state index contributed by atoms with van der Waals surface area (Å²) in [6.45, 7) is 4.52. The van der Waals surface area contributed by atoms with Gasteiger partial charge in [-0.25, -0.2) is 9.38 Å². The molecule has 0 radical (unpaired) electrons. The summed E-state index contributed by atoms with van der Waals surface area (Å²) in [5.74, 6) is 1.15. The highest BCUT2D eigenvalue weighted by Gasteiger charge is 2.22. The molecule has 2 aromatic carbocycles. The van der Waals surface area contributed by atoms with E-state index in [2.05, 4.69) is 15.2 Å². The number of nitrogens with one attached hydrogen (secondary N) is 1. The van der Waals surface area contributed by atoms with Gasteiger partial charge in [0.2, 0.25) is 0 Å². The molecule has 1 fully saturated rings. The molecule has 2 aromatic rings. The maximum absolute atomic E-state index is 13.9.